The van der Waals surface area contributed by atoms with Gasteiger partial charge >= 0.3 is 6.18 Å². The summed E-state index contributed by atoms with van der Waals surface area (Å²) in [5.74, 6) is -1.01. The van der Waals surface area contributed by atoms with Gasteiger partial charge in [-0.1, -0.05) is 0 Å². The van der Waals surface area contributed by atoms with Crippen LogP contribution in [0.25, 0.3) is 5.78 Å². The van der Waals surface area contributed by atoms with Gasteiger partial charge in [0.25, 0.3) is 11.7 Å². The number of carbonyl (C=O) groups excluding carboxylic acids is 2. The Hall–Kier alpha value is -3.55. The second kappa shape index (κ2) is 12.6. The maximum Gasteiger partial charge on any atom is 0.393 e. The minimum Gasteiger partial charge on any atom is -0.381 e. The molecule has 0 spiro atoms. The van der Waals surface area contributed by atoms with Gasteiger partial charge in [0.1, 0.15) is 5.69 Å². The highest BCUT2D eigenvalue weighted by atomic mass is 19.4. The maximum absolute atomic E-state index is 13.6. The van der Waals surface area contributed by atoms with Gasteiger partial charge in [-0.25, -0.2) is 14.5 Å². The fourth-order valence-electron chi connectivity index (χ4n) is 7.81. The van der Waals surface area contributed by atoms with E-state index in [0.29, 0.717) is 61.2 Å². The first-order chi connectivity index (χ1) is 22.2. The molecule has 3 aromatic rings. The summed E-state index contributed by atoms with van der Waals surface area (Å²) >= 11 is 0. The standard InChI is InChI=1S/C32H41F3N8O3/c1-2-42-26(7-10-37-42)30(45)39-28(18-3-5-20-13-21(20)6-4-18)25-17-43-31(38-25)40-27(19-8-11-46-12-9-19)24(41-43)15-22-14-23(32(33,34)35)16-36-29(22)44/h7,10,17-23,28H,2-6,8-9,11-16H2,1H3,(H,36,44)(H,39,45)/t18?,20-,21+,22-,23-,28+/m1/s1. The molecule has 4 fully saturated rings. The van der Waals surface area contributed by atoms with Crippen LogP contribution in [0.5, 0.6) is 0 Å². The molecule has 2 aliphatic heterocycles. The van der Waals surface area contributed by atoms with Gasteiger partial charge < -0.3 is 15.4 Å². The van der Waals surface area contributed by atoms with Crippen molar-refractivity contribution in [1.82, 2.24) is 40.0 Å². The topological polar surface area (TPSA) is 128 Å². The van der Waals surface area contributed by atoms with E-state index in [1.165, 1.54) is 6.42 Å². The zero-order valence-electron chi connectivity index (χ0n) is 26.0. The number of halogens is 3. The number of carbonyl (C=O) groups is 2. The molecule has 46 heavy (non-hydrogen) atoms. The van der Waals surface area contributed by atoms with Crippen LogP contribution in [0, 0.1) is 29.6 Å². The van der Waals surface area contributed by atoms with E-state index >= 15 is 0 Å². The number of hydrogen-bond donors (Lipinski definition) is 2. The van der Waals surface area contributed by atoms with Crippen LogP contribution in [0.2, 0.25) is 0 Å². The van der Waals surface area contributed by atoms with Crippen LogP contribution in [-0.4, -0.2) is 67.1 Å². The largest absolute Gasteiger partial charge is 0.393 e. The number of aromatic nitrogens is 6. The molecule has 11 nitrogen and oxygen atoms in total. The van der Waals surface area contributed by atoms with Crippen molar-refractivity contribution in [1.29, 1.82) is 0 Å². The summed E-state index contributed by atoms with van der Waals surface area (Å²) in [6, 6.07) is 1.34. The van der Waals surface area contributed by atoms with E-state index < -0.39 is 30.5 Å². The van der Waals surface area contributed by atoms with E-state index in [9.17, 15) is 22.8 Å². The molecule has 4 aliphatic rings. The van der Waals surface area contributed by atoms with E-state index in [0.717, 1.165) is 37.5 Å². The molecular formula is C32H41F3N8O3. The Morgan fingerprint density at radius 2 is 1.87 bits per heavy atom. The van der Waals surface area contributed by atoms with Crippen LogP contribution in [-0.2, 0) is 22.5 Å². The molecule has 0 aromatic carbocycles. The molecule has 0 bridgehead atoms. The summed E-state index contributed by atoms with van der Waals surface area (Å²) < 4.78 is 49.7. The predicted molar refractivity (Wildman–Crippen MR) is 160 cm³/mol. The van der Waals surface area contributed by atoms with Crippen molar-refractivity contribution >= 4 is 17.6 Å². The Morgan fingerprint density at radius 1 is 1.11 bits per heavy atom. The number of amides is 2. The predicted octanol–water partition coefficient (Wildman–Crippen LogP) is 4.39. The first kappa shape index (κ1) is 31.1. The van der Waals surface area contributed by atoms with Crippen LogP contribution in [0.3, 0.4) is 0 Å². The highest BCUT2D eigenvalue weighted by molar-refractivity contribution is 5.92. The molecule has 2 aliphatic carbocycles. The van der Waals surface area contributed by atoms with E-state index in [2.05, 4.69) is 15.7 Å². The van der Waals surface area contributed by atoms with Crippen LogP contribution < -0.4 is 10.6 Å². The Kier molecular flexibility index (Phi) is 8.49. The third-order valence-corrected chi connectivity index (χ3v) is 10.6. The van der Waals surface area contributed by atoms with Gasteiger partial charge in [-0.15, -0.1) is 0 Å². The molecule has 7 rings (SSSR count). The minimum atomic E-state index is -4.39. The van der Waals surface area contributed by atoms with E-state index in [1.54, 1.807) is 27.7 Å². The minimum absolute atomic E-state index is 0.00937. The molecular weight excluding hydrogens is 601 g/mol. The van der Waals surface area contributed by atoms with Crippen LogP contribution in [0.1, 0.15) is 97.8 Å². The monoisotopic (exact) mass is 642 g/mol. The molecule has 2 amide bonds. The molecule has 2 saturated heterocycles. The number of nitrogens with zero attached hydrogens (tertiary/aromatic N) is 6. The quantitative estimate of drug-likeness (QED) is 0.373. The highest BCUT2D eigenvalue weighted by Gasteiger charge is 2.45. The molecule has 6 atom stereocenters. The fraction of sp³-hybridized carbons (Fsp3) is 0.688. The normalized spacial score (nSPS) is 27.9. The average Bonchev–Trinajstić information content (AvgIpc) is 3.47. The Labute approximate surface area is 265 Å². The third-order valence-electron chi connectivity index (χ3n) is 10.6. The second-order valence-electron chi connectivity index (χ2n) is 13.5. The lowest BCUT2D eigenvalue weighted by Crippen LogP contribution is -2.47. The average molecular weight is 643 g/mol. The van der Waals surface area contributed by atoms with Gasteiger partial charge in [-0.05, 0) is 82.1 Å². The van der Waals surface area contributed by atoms with E-state index in [1.807, 2.05) is 6.92 Å². The Morgan fingerprint density at radius 3 is 2.59 bits per heavy atom. The van der Waals surface area contributed by atoms with Crippen LogP contribution >= 0.6 is 0 Å². The summed E-state index contributed by atoms with van der Waals surface area (Å²) in [4.78, 5) is 36.2. The maximum atomic E-state index is 13.6. The number of nitrogens with one attached hydrogen (secondary N) is 2. The summed E-state index contributed by atoms with van der Waals surface area (Å²) in [5.41, 5.74) is 2.31. The van der Waals surface area contributed by atoms with Crippen molar-refractivity contribution in [3.63, 3.8) is 0 Å². The van der Waals surface area contributed by atoms with Crippen molar-refractivity contribution < 1.29 is 27.5 Å². The molecule has 2 saturated carbocycles. The molecule has 1 unspecified atom stereocenters. The number of imidazole rings is 1. The van der Waals surface area contributed by atoms with E-state index in [-0.39, 0.29) is 36.6 Å². The molecule has 14 heteroatoms. The number of rotatable bonds is 8. The number of piperidine rings is 1. The Bertz CT molecular complexity index is 1570. The molecule has 3 aromatic heterocycles. The van der Waals surface area contributed by atoms with Crippen molar-refractivity contribution in [2.45, 2.75) is 89.4 Å². The molecule has 5 heterocycles. The summed E-state index contributed by atoms with van der Waals surface area (Å²) in [7, 11) is 0. The summed E-state index contributed by atoms with van der Waals surface area (Å²) in [6.07, 6.45) is 5.66. The first-order valence-electron chi connectivity index (χ1n) is 16.7. The fourth-order valence-corrected chi connectivity index (χ4v) is 7.81. The van der Waals surface area contributed by atoms with Crippen molar-refractivity contribution in [3.05, 3.63) is 41.2 Å². The van der Waals surface area contributed by atoms with Crippen LogP contribution in [0.15, 0.2) is 18.5 Å². The number of hydrogen-bond acceptors (Lipinski definition) is 7. The van der Waals surface area contributed by atoms with Gasteiger partial charge in [-0.2, -0.15) is 23.4 Å². The zero-order chi connectivity index (χ0) is 32.0. The number of aryl methyl sites for hydroxylation is 1. The second-order valence-corrected chi connectivity index (χ2v) is 13.5. The van der Waals surface area contributed by atoms with Gasteiger partial charge in [-0.3, -0.25) is 14.3 Å². The van der Waals surface area contributed by atoms with Crippen molar-refractivity contribution in [2.75, 3.05) is 19.8 Å². The lowest BCUT2D eigenvalue weighted by Gasteiger charge is -2.31. The highest BCUT2D eigenvalue weighted by Crippen LogP contribution is 2.51. The SMILES string of the molecule is CCn1nccc1C(=O)N[C@H](c1cn2nc(C[C@H]3C[C@@H](C(F)(F)F)CNC3=O)c(C3CCOCC3)nc2n1)C1CC[C@@H]2C[C@@H]2CC1. The van der Waals surface area contributed by atoms with Crippen LogP contribution in [0.4, 0.5) is 13.2 Å². The van der Waals surface area contributed by atoms with Gasteiger partial charge in [0.15, 0.2) is 0 Å². The first-order valence-corrected chi connectivity index (χ1v) is 16.7. The zero-order valence-corrected chi connectivity index (χ0v) is 26.0. The number of alkyl halides is 3. The summed E-state index contributed by atoms with van der Waals surface area (Å²) in [5, 5.41) is 14.9. The Balaban J connectivity index is 1.23. The molecule has 0 radical (unpaired) electrons. The van der Waals surface area contributed by atoms with Crippen molar-refractivity contribution in [2.24, 2.45) is 29.6 Å². The summed E-state index contributed by atoms with van der Waals surface area (Å²) in [6.45, 7) is 3.18. The molecule has 248 valence electrons. The van der Waals surface area contributed by atoms with Gasteiger partial charge in [0.2, 0.25) is 5.91 Å². The number of fused-ring (bicyclic) bond motifs is 2. The van der Waals surface area contributed by atoms with Gasteiger partial charge in [0.05, 0.1) is 35.2 Å². The smallest absolute Gasteiger partial charge is 0.381 e. The third kappa shape index (κ3) is 6.37. The lowest BCUT2D eigenvalue weighted by atomic mass is 9.84. The lowest BCUT2D eigenvalue weighted by molar-refractivity contribution is -0.183. The van der Waals surface area contributed by atoms with E-state index in [4.69, 9.17) is 19.8 Å². The number of ether oxygens (including phenoxy) is 1. The van der Waals surface area contributed by atoms with Crippen molar-refractivity contribution in [3.8, 4) is 0 Å². The van der Waals surface area contributed by atoms with Gasteiger partial charge in [0, 0.05) is 50.8 Å². The molecule has 2 N–H and O–H groups in total.